The highest BCUT2D eigenvalue weighted by atomic mass is 16.3. The van der Waals surface area contributed by atoms with Gasteiger partial charge in [0.05, 0.1) is 0 Å². The molecular weight excluding hydrogens is 290 g/mol. The third-order valence-electron chi connectivity index (χ3n) is 5.70. The highest BCUT2D eigenvalue weighted by Gasteiger charge is 2.34. The number of nitrogens with zero attached hydrogens (tertiary/aromatic N) is 3. The number of hydrogen-bond donors (Lipinski definition) is 1. The van der Waals surface area contributed by atoms with E-state index in [0.29, 0.717) is 18.3 Å². The van der Waals surface area contributed by atoms with E-state index in [1.807, 2.05) is 22.7 Å². The van der Waals surface area contributed by atoms with Crippen LogP contribution < -0.4 is 0 Å². The number of hydrogen-bond acceptors (Lipinski definition) is 3. The number of imidazole rings is 1. The van der Waals surface area contributed by atoms with Crippen molar-refractivity contribution in [3.8, 4) is 0 Å². The summed E-state index contributed by atoms with van der Waals surface area (Å²) in [6.07, 6.45) is 9.32. The highest BCUT2D eigenvalue weighted by molar-refractivity contribution is 5.79. The normalized spacial score (nSPS) is 30.2. The molecule has 5 nitrogen and oxygen atoms in total. The Morgan fingerprint density at radius 1 is 1.30 bits per heavy atom. The Morgan fingerprint density at radius 2 is 2.04 bits per heavy atom. The van der Waals surface area contributed by atoms with Gasteiger partial charge in [-0.3, -0.25) is 4.79 Å². The van der Waals surface area contributed by atoms with Crippen LogP contribution in [-0.4, -0.2) is 38.6 Å². The number of carbonyl (C=O) groups excluding carboxylic acids is 1. The van der Waals surface area contributed by atoms with Crippen LogP contribution in [0.15, 0.2) is 12.4 Å². The summed E-state index contributed by atoms with van der Waals surface area (Å²) in [5.74, 6) is 2.08. The Balaban J connectivity index is 1.61. The van der Waals surface area contributed by atoms with Crippen molar-refractivity contribution in [1.82, 2.24) is 14.5 Å². The van der Waals surface area contributed by atoms with E-state index in [4.69, 9.17) is 0 Å². The van der Waals surface area contributed by atoms with Gasteiger partial charge in [0.2, 0.25) is 5.91 Å². The van der Waals surface area contributed by atoms with E-state index < -0.39 is 6.10 Å². The number of carbonyl (C=O) groups is 1. The van der Waals surface area contributed by atoms with Gasteiger partial charge in [-0.05, 0) is 44.4 Å². The summed E-state index contributed by atoms with van der Waals surface area (Å²) in [5.41, 5.74) is 0. The van der Waals surface area contributed by atoms with Gasteiger partial charge in [-0.15, -0.1) is 0 Å². The molecule has 1 amide bonds. The number of aromatic nitrogens is 2. The predicted octanol–water partition coefficient (Wildman–Crippen LogP) is 2.52. The van der Waals surface area contributed by atoms with Crippen molar-refractivity contribution in [1.29, 1.82) is 0 Å². The first-order valence-corrected chi connectivity index (χ1v) is 9.00. The summed E-state index contributed by atoms with van der Waals surface area (Å²) in [6.45, 7) is 3.79. The van der Waals surface area contributed by atoms with E-state index >= 15 is 0 Å². The molecule has 1 aliphatic carbocycles. The molecule has 2 heterocycles. The largest absolute Gasteiger partial charge is 0.385 e. The van der Waals surface area contributed by atoms with E-state index in [-0.39, 0.29) is 11.8 Å². The second-order valence-electron chi connectivity index (χ2n) is 7.48. The second-order valence-corrected chi connectivity index (χ2v) is 7.48. The van der Waals surface area contributed by atoms with E-state index in [1.165, 1.54) is 12.8 Å². The zero-order chi connectivity index (χ0) is 16.4. The number of aliphatic hydroxyl groups excluding tert-OH is 1. The Labute approximate surface area is 138 Å². The molecule has 0 radical (unpaired) electrons. The van der Waals surface area contributed by atoms with Gasteiger partial charge in [0.15, 0.2) is 0 Å². The minimum atomic E-state index is -0.586. The van der Waals surface area contributed by atoms with Crippen molar-refractivity contribution >= 4 is 5.91 Å². The van der Waals surface area contributed by atoms with Gasteiger partial charge in [0.1, 0.15) is 11.9 Å². The summed E-state index contributed by atoms with van der Waals surface area (Å²) in [6, 6.07) is 0. The fraction of sp³-hybridized carbons (Fsp3) is 0.778. The van der Waals surface area contributed by atoms with Crippen molar-refractivity contribution in [2.24, 2.45) is 24.8 Å². The van der Waals surface area contributed by atoms with Crippen LogP contribution in [0, 0.1) is 17.8 Å². The van der Waals surface area contributed by atoms with E-state index in [1.54, 1.807) is 6.20 Å². The van der Waals surface area contributed by atoms with Gasteiger partial charge in [0, 0.05) is 44.4 Å². The van der Waals surface area contributed by atoms with Crippen molar-refractivity contribution in [3.05, 3.63) is 18.2 Å². The number of likely N-dealkylation sites (tertiary alicyclic amines) is 1. The molecule has 1 aromatic rings. The van der Waals surface area contributed by atoms with Crippen molar-refractivity contribution in [2.75, 3.05) is 13.1 Å². The molecule has 2 aliphatic rings. The maximum atomic E-state index is 12.8. The third-order valence-corrected chi connectivity index (χ3v) is 5.70. The van der Waals surface area contributed by atoms with Gasteiger partial charge in [-0.2, -0.15) is 0 Å². The molecule has 23 heavy (non-hydrogen) atoms. The summed E-state index contributed by atoms with van der Waals surface area (Å²) in [4.78, 5) is 19.1. The molecule has 2 atom stereocenters. The van der Waals surface area contributed by atoms with Crippen molar-refractivity contribution < 1.29 is 9.90 Å². The van der Waals surface area contributed by atoms with Crippen LogP contribution in [0.2, 0.25) is 0 Å². The monoisotopic (exact) mass is 319 g/mol. The van der Waals surface area contributed by atoms with E-state index in [2.05, 4.69) is 11.9 Å². The lowest BCUT2D eigenvalue weighted by atomic mass is 9.81. The topological polar surface area (TPSA) is 58.4 Å². The fourth-order valence-corrected chi connectivity index (χ4v) is 4.11. The smallest absolute Gasteiger partial charge is 0.225 e. The number of amides is 1. The van der Waals surface area contributed by atoms with Crippen LogP contribution in [-0.2, 0) is 11.8 Å². The van der Waals surface area contributed by atoms with Crippen LogP contribution >= 0.6 is 0 Å². The molecule has 5 heteroatoms. The average molecular weight is 319 g/mol. The molecule has 0 spiro atoms. The van der Waals surface area contributed by atoms with Crippen molar-refractivity contribution in [3.63, 3.8) is 0 Å². The SMILES string of the molecule is CC1CCC(C(=O)N2CCCC(C(O)c3nccn3C)C2)CC1. The lowest BCUT2D eigenvalue weighted by Crippen LogP contribution is -2.45. The fourth-order valence-electron chi connectivity index (χ4n) is 4.11. The van der Waals surface area contributed by atoms with E-state index in [9.17, 15) is 9.90 Å². The van der Waals surface area contributed by atoms with Crippen LogP contribution in [0.1, 0.15) is 57.4 Å². The molecule has 1 N–H and O–H groups in total. The quantitative estimate of drug-likeness (QED) is 0.931. The molecular formula is C18H29N3O2. The van der Waals surface area contributed by atoms with Crippen LogP contribution in [0.5, 0.6) is 0 Å². The zero-order valence-electron chi connectivity index (χ0n) is 14.3. The Morgan fingerprint density at radius 3 is 2.70 bits per heavy atom. The Kier molecular flexibility index (Phi) is 5.05. The lowest BCUT2D eigenvalue weighted by molar-refractivity contribution is -0.139. The van der Waals surface area contributed by atoms with Gasteiger partial charge < -0.3 is 14.6 Å². The molecule has 1 saturated carbocycles. The number of rotatable bonds is 3. The van der Waals surface area contributed by atoms with Gasteiger partial charge in [-0.1, -0.05) is 6.92 Å². The summed E-state index contributed by atoms with van der Waals surface area (Å²) in [7, 11) is 1.90. The zero-order valence-corrected chi connectivity index (χ0v) is 14.3. The molecule has 0 bridgehead atoms. The van der Waals surface area contributed by atoms with Gasteiger partial charge in [0.25, 0.3) is 0 Å². The second kappa shape index (κ2) is 7.04. The van der Waals surface area contributed by atoms with E-state index in [0.717, 1.165) is 38.1 Å². The molecule has 128 valence electrons. The minimum Gasteiger partial charge on any atom is -0.385 e. The molecule has 0 aromatic carbocycles. The Bertz CT molecular complexity index is 534. The number of piperidine rings is 1. The summed E-state index contributed by atoms with van der Waals surface area (Å²) >= 11 is 0. The maximum absolute atomic E-state index is 12.8. The lowest BCUT2D eigenvalue weighted by Gasteiger charge is -2.38. The van der Waals surface area contributed by atoms with Crippen molar-refractivity contribution in [2.45, 2.75) is 51.6 Å². The summed E-state index contributed by atoms with van der Waals surface area (Å²) in [5, 5.41) is 10.6. The molecule has 2 unspecified atom stereocenters. The molecule has 1 aliphatic heterocycles. The highest BCUT2D eigenvalue weighted by Crippen LogP contribution is 2.33. The number of aryl methyl sites for hydroxylation is 1. The standard InChI is InChI=1S/C18H29N3O2/c1-13-5-7-14(8-6-13)18(23)21-10-3-4-15(12-21)16(22)17-19-9-11-20(17)2/h9,11,13-16,22H,3-8,10,12H2,1-2H3. The number of aliphatic hydroxyl groups is 1. The van der Waals surface area contributed by atoms with Crippen LogP contribution in [0.3, 0.4) is 0 Å². The van der Waals surface area contributed by atoms with Crippen LogP contribution in [0.25, 0.3) is 0 Å². The van der Waals surface area contributed by atoms with Crippen LogP contribution in [0.4, 0.5) is 0 Å². The average Bonchev–Trinajstić information content (AvgIpc) is 3.00. The first kappa shape index (κ1) is 16.5. The summed E-state index contributed by atoms with van der Waals surface area (Å²) < 4.78 is 1.87. The first-order chi connectivity index (χ1) is 11.1. The minimum absolute atomic E-state index is 0.0938. The van der Waals surface area contributed by atoms with Gasteiger partial charge in [-0.25, -0.2) is 4.98 Å². The molecule has 1 aromatic heterocycles. The Hall–Kier alpha value is -1.36. The van der Waals surface area contributed by atoms with Gasteiger partial charge >= 0.3 is 0 Å². The predicted molar refractivity (Wildman–Crippen MR) is 88.6 cm³/mol. The molecule has 1 saturated heterocycles. The molecule has 2 fully saturated rings. The third kappa shape index (κ3) is 3.60. The molecule has 3 rings (SSSR count). The first-order valence-electron chi connectivity index (χ1n) is 9.00. The maximum Gasteiger partial charge on any atom is 0.225 e.